The van der Waals surface area contributed by atoms with E-state index in [0.717, 1.165) is 22.8 Å². The largest absolute Gasteiger partial charge is 0.497 e. The fourth-order valence-corrected chi connectivity index (χ4v) is 4.99. The van der Waals surface area contributed by atoms with Gasteiger partial charge in [-0.05, 0) is 48.6 Å². The summed E-state index contributed by atoms with van der Waals surface area (Å²) in [5, 5.41) is 0. The van der Waals surface area contributed by atoms with Gasteiger partial charge >= 0.3 is 0 Å². The molecule has 22 heavy (non-hydrogen) atoms. The van der Waals surface area contributed by atoms with Crippen molar-refractivity contribution >= 4 is 27.5 Å². The van der Waals surface area contributed by atoms with E-state index in [0.29, 0.717) is 12.3 Å². The van der Waals surface area contributed by atoms with Gasteiger partial charge in [-0.3, -0.25) is 4.31 Å². The lowest BCUT2D eigenvalue weighted by Gasteiger charge is -2.24. The molecule has 0 spiro atoms. The average molecular weight is 335 g/mol. The van der Waals surface area contributed by atoms with Crippen molar-refractivity contribution in [3.05, 3.63) is 48.5 Å². The Labute approximate surface area is 135 Å². The highest BCUT2D eigenvalue weighted by Gasteiger charge is 2.28. The molecule has 0 bridgehead atoms. The Morgan fingerprint density at radius 2 is 1.82 bits per heavy atom. The summed E-state index contributed by atoms with van der Waals surface area (Å²) in [6.45, 7) is 0.498. The molecule has 0 fully saturated rings. The van der Waals surface area contributed by atoms with Crippen molar-refractivity contribution in [2.45, 2.75) is 16.2 Å². The molecule has 1 aliphatic heterocycles. The summed E-state index contributed by atoms with van der Waals surface area (Å²) in [6, 6.07) is 14.2. The third-order valence-electron chi connectivity index (χ3n) is 3.54. The molecule has 2 aromatic carbocycles. The fourth-order valence-electron chi connectivity index (χ4n) is 2.42. The second-order valence-electron chi connectivity index (χ2n) is 4.92. The molecule has 0 N–H and O–H groups in total. The first-order valence-electron chi connectivity index (χ1n) is 7.01. The topological polar surface area (TPSA) is 46.6 Å². The van der Waals surface area contributed by atoms with Gasteiger partial charge in [0.15, 0.2) is 0 Å². The van der Waals surface area contributed by atoms with Crippen LogP contribution in [0.3, 0.4) is 0 Å². The van der Waals surface area contributed by atoms with Crippen molar-refractivity contribution in [1.82, 2.24) is 0 Å². The molecular weight excluding hydrogens is 318 g/mol. The Balaban J connectivity index is 2.04. The Bertz CT molecular complexity index is 757. The summed E-state index contributed by atoms with van der Waals surface area (Å²) in [6.07, 6.45) is 0.828. The third kappa shape index (κ3) is 2.80. The van der Waals surface area contributed by atoms with E-state index in [2.05, 4.69) is 0 Å². The van der Waals surface area contributed by atoms with Crippen LogP contribution in [-0.4, -0.2) is 27.8 Å². The van der Waals surface area contributed by atoms with Gasteiger partial charge in [0.05, 0.1) is 17.7 Å². The van der Waals surface area contributed by atoms with Gasteiger partial charge in [-0.2, -0.15) is 0 Å². The predicted octanol–water partition coefficient (Wildman–Crippen LogP) is 3.39. The molecule has 1 aliphatic rings. The highest BCUT2D eigenvalue weighted by molar-refractivity contribution is 7.99. The van der Waals surface area contributed by atoms with Crippen LogP contribution in [0.15, 0.2) is 58.3 Å². The maximum Gasteiger partial charge on any atom is 0.264 e. The molecule has 0 saturated heterocycles. The maximum absolute atomic E-state index is 13.0. The van der Waals surface area contributed by atoms with Gasteiger partial charge in [0.2, 0.25) is 0 Å². The second-order valence-corrected chi connectivity index (χ2v) is 7.92. The average Bonchev–Trinajstić information content (AvgIpc) is 2.77. The number of methoxy groups -OCH3 is 1. The molecular formula is C16H17NO3S2. The molecule has 1 heterocycles. The first-order valence-corrected chi connectivity index (χ1v) is 9.44. The molecule has 0 radical (unpaired) electrons. The first-order chi connectivity index (χ1) is 10.6. The van der Waals surface area contributed by atoms with E-state index in [1.165, 1.54) is 4.31 Å². The van der Waals surface area contributed by atoms with E-state index in [1.54, 1.807) is 43.1 Å². The molecule has 0 saturated carbocycles. The van der Waals surface area contributed by atoms with Crippen LogP contribution < -0.4 is 9.04 Å². The fraction of sp³-hybridized carbons (Fsp3) is 0.250. The van der Waals surface area contributed by atoms with Crippen LogP contribution in [0.5, 0.6) is 5.75 Å². The van der Waals surface area contributed by atoms with Gasteiger partial charge in [-0.15, -0.1) is 11.8 Å². The van der Waals surface area contributed by atoms with E-state index in [4.69, 9.17) is 4.74 Å². The first kappa shape index (κ1) is 15.2. The number of para-hydroxylation sites is 1. The predicted molar refractivity (Wildman–Crippen MR) is 89.3 cm³/mol. The smallest absolute Gasteiger partial charge is 0.264 e. The molecule has 116 valence electrons. The monoisotopic (exact) mass is 335 g/mol. The molecule has 6 heteroatoms. The summed E-state index contributed by atoms with van der Waals surface area (Å²) in [5.74, 6) is 1.57. The number of rotatable bonds is 3. The van der Waals surface area contributed by atoms with E-state index in [-0.39, 0.29) is 4.90 Å². The molecule has 0 unspecified atom stereocenters. The zero-order chi connectivity index (χ0) is 15.6. The zero-order valence-corrected chi connectivity index (χ0v) is 13.9. The van der Waals surface area contributed by atoms with Gasteiger partial charge in [0.1, 0.15) is 5.75 Å². The quantitative estimate of drug-likeness (QED) is 0.863. The highest BCUT2D eigenvalue weighted by atomic mass is 32.2. The standard InChI is InChI=1S/C16H17NO3S2/c1-20-13-7-9-14(10-8-13)22(18,19)17-11-4-12-21-16-6-3-2-5-15(16)17/h2-3,5-10H,4,11-12H2,1H3. The number of hydrogen-bond donors (Lipinski definition) is 0. The van der Waals surface area contributed by atoms with Crippen molar-refractivity contribution in [2.75, 3.05) is 23.7 Å². The van der Waals surface area contributed by atoms with E-state index in [1.807, 2.05) is 24.3 Å². The normalized spacial score (nSPS) is 15.0. The number of thioether (sulfide) groups is 1. The molecule has 2 aromatic rings. The third-order valence-corrected chi connectivity index (χ3v) is 6.52. The lowest BCUT2D eigenvalue weighted by Crippen LogP contribution is -2.31. The Morgan fingerprint density at radius 1 is 1.09 bits per heavy atom. The van der Waals surface area contributed by atoms with Gasteiger partial charge in [-0.25, -0.2) is 8.42 Å². The molecule has 0 atom stereocenters. The van der Waals surface area contributed by atoms with Crippen molar-refractivity contribution in [1.29, 1.82) is 0 Å². The lowest BCUT2D eigenvalue weighted by molar-refractivity contribution is 0.414. The second kappa shape index (κ2) is 6.22. The zero-order valence-electron chi connectivity index (χ0n) is 12.2. The molecule has 0 aliphatic carbocycles. The lowest BCUT2D eigenvalue weighted by atomic mass is 10.3. The number of hydrogen-bond acceptors (Lipinski definition) is 4. The molecule has 0 amide bonds. The van der Waals surface area contributed by atoms with Crippen molar-refractivity contribution in [3.8, 4) is 5.75 Å². The number of fused-ring (bicyclic) bond motifs is 1. The molecule has 4 nitrogen and oxygen atoms in total. The summed E-state index contributed by atoms with van der Waals surface area (Å²) in [5.41, 5.74) is 0.765. The van der Waals surface area contributed by atoms with Gasteiger partial charge in [0.25, 0.3) is 10.0 Å². The summed E-state index contributed by atoms with van der Waals surface area (Å²) in [7, 11) is -2.00. The van der Waals surface area contributed by atoms with Gasteiger partial charge in [0, 0.05) is 11.4 Å². The number of anilines is 1. The van der Waals surface area contributed by atoms with Crippen molar-refractivity contribution in [2.24, 2.45) is 0 Å². The van der Waals surface area contributed by atoms with Crippen LogP contribution in [0.2, 0.25) is 0 Å². The SMILES string of the molecule is COc1ccc(S(=O)(=O)N2CCCSc3ccccc32)cc1. The minimum Gasteiger partial charge on any atom is -0.497 e. The Morgan fingerprint density at radius 3 is 2.55 bits per heavy atom. The maximum atomic E-state index is 13.0. The molecule has 0 aromatic heterocycles. The number of ether oxygens (including phenoxy) is 1. The van der Waals surface area contributed by atoms with E-state index < -0.39 is 10.0 Å². The van der Waals surface area contributed by atoms with Crippen LogP contribution >= 0.6 is 11.8 Å². The number of nitrogens with zero attached hydrogens (tertiary/aromatic N) is 1. The van der Waals surface area contributed by atoms with Crippen molar-refractivity contribution < 1.29 is 13.2 Å². The van der Waals surface area contributed by atoms with Crippen LogP contribution in [0.25, 0.3) is 0 Å². The Kier molecular flexibility index (Phi) is 4.31. The highest BCUT2D eigenvalue weighted by Crippen LogP contribution is 2.36. The van der Waals surface area contributed by atoms with Crippen LogP contribution in [0.1, 0.15) is 6.42 Å². The van der Waals surface area contributed by atoms with Crippen LogP contribution in [-0.2, 0) is 10.0 Å². The van der Waals surface area contributed by atoms with Crippen molar-refractivity contribution in [3.63, 3.8) is 0 Å². The molecule has 3 rings (SSSR count). The van der Waals surface area contributed by atoms with Gasteiger partial charge < -0.3 is 4.74 Å². The van der Waals surface area contributed by atoms with E-state index in [9.17, 15) is 8.42 Å². The minimum atomic E-state index is -3.56. The summed E-state index contributed by atoms with van der Waals surface area (Å²) >= 11 is 1.70. The summed E-state index contributed by atoms with van der Waals surface area (Å²) in [4.78, 5) is 1.30. The number of sulfonamides is 1. The van der Waals surface area contributed by atoms with Crippen LogP contribution in [0, 0.1) is 0 Å². The summed E-state index contributed by atoms with van der Waals surface area (Å²) < 4.78 is 32.6. The number of benzene rings is 2. The minimum absolute atomic E-state index is 0.287. The van der Waals surface area contributed by atoms with E-state index >= 15 is 0 Å². The Hall–Kier alpha value is -1.66. The van der Waals surface area contributed by atoms with Gasteiger partial charge in [-0.1, -0.05) is 12.1 Å². The van der Waals surface area contributed by atoms with Crippen LogP contribution in [0.4, 0.5) is 5.69 Å².